The van der Waals surface area contributed by atoms with Crippen LogP contribution in [0.1, 0.15) is 28.4 Å². The summed E-state index contributed by atoms with van der Waals surface area (Å²) >= 11 is 6.26. The summed E-state index contributed by atoms with van der Waals surface area (Å²) in [6, 6.07) is 19.1. The second-order valence-electron chi connectivity index (χ2n) is 8.10. The maximum Gasteiger partial charge on any atom is 0.283 e. The Bertz CT molecular complexity index is 1330. The summed E-state index contributed by atoms with van der Waals surface area (Å²) in [6.45, 7) is 6.23. The molecule has 3 aromatic rings. The quantitative estimate of drug-likeness (QED) is 0.434. The van der Waals surface area contributed by atoms with Gasteiger partial charge in [-0.3, -0.25) is 14.4 Å². The van der Waals surface area contributed by atoms with Crippen LogP contribution in [0.25, 0.3) is 0 Å². The highest BCUT2D eigenvalue weighted by molar-refractivity contribution is 6.53. The average molecular weight is 490 g/mol. The number of rotatable bonds is 7. The number of halogens is 1. The number of carbonyl (C=O) groups is 3. The van der Waals surface area contributed by atoms with E-state index in [4.69, 9.17) is 16.3 Å². The molecule has 1 heterocycles. The molecule has 0 saturated heterocycles. The lowest BCUT2D eigenvalue weighted by atomic mass is 10.1. The molecule has 35 heavy (non-hydrogen) atoms. The Labute approximate surface area is 208 Å². The van der Waals surface area contributed by atoms with Gasteiger partial charge in [0.05, 0.1) is 12.3 Å². The van der Waals surface area contributed by atoms with Crippen LogP contribution >= 0.6 is 11.6 Å². The van der Waals surface area contributed by atoms with E-state index in [0.29, 0.717) is 35.0 Å². The third-order valence-corrected chi connectivity index (χ3v) is 5.66. The molecule has 178 valence electrons. The summed E-state index contributed by atoms with van der Waals surface area (Å²) in [5.41, 5.74) is 3.68. The van der Waals surface area contributed by atoms with Crippen LogP contribution in [0.15, 0.2) is 77.5 Å². The van der Waals surface area contributed by atoms with Crippen molar-refractivity contribution in [3.05, 3.63) is 94.1 Å². The predicted molar refractivity (Wildman–Crippen MR) is 137 cm³/mol. The predicted octanol–water partition coefficient (Wildman–Crippen LogP) is 5.39. The molecule has 2 N–H and O–H groups in total. The van der Waals surface area contributed by atoms with Crippen LogP contribution in [0.4, 0.5) is 17.1 Å². The van der Waals surface area contributed by atoms with Gasteiger partial charge in [0, 0.05) is 16.9 Å². The number of nitrogens with zero attached hydrogens (tertiary/aromatic N) is 1. The van der Waals surface area contributed by atoms with Gasteiger partial charge in [0.25, 0.3) is 17.7 Å². The van der Waals surface area contributed by atoms with E-state index in [1.54, 1.807) is 60.7 Å². The van der Waals surface area contributed by atoms with Crippen molar-refractivity contribution in [2.24, 2.45) is 0 Å². The molecule has 0 unspecified atom stereocenters. The fraction of sp³-hybridized carbons (Fsp3) is 0.148. The first-order valence-electron chi connectivity index (χ1n) is 11.0. The number of ether oxygens (including phenoxy) is 1. The molecule has 3 aromatic carbocycles. The average Bonchev–Trinajstić information content (AvgIpc) is 3.03. The van der Waals surface area contributed by atoms with Crippen LogP contribution in [0.3, 0.4) is 0 Å². The molecule has 0 radical (unpaired) electrons. The Morgan fingerprint density at radius 1 is 0.914 bits per heavy atom. The first-order valence-corrected chi connectivity index (χ1v) is 11.4. The first-order chi connectivity index (χ1) is 16.8. The standard InChI is InChI=1S/C27H24ClN3O4/c1-4-35-22-10-8-19(9-11-22)30-25(32)18-6-5-7-20(15-18)29-24-23(28)26(33)31(27(24)34)21-13-16(2)12-17(3)14-21/h5-15,29H,4H2,1-3H3,(H,30,32). The maximum absolute atomic E-state index is 13.1. The van der Waals surface area contributed by atoms with Gasteiger partial charge in [0.2, 0.25) is 0 Å². The largest absolute Gasteiger partial charge is 0.494 e. The van der Waals surface area contributed by atoms with E-state index >= 15 is 0 Å². The van der Waals surface area contributed by atoms with Crippen molar-refractivity contribution in [2.75, 3.05) is 22.1 Å². The van der Waals surface area contributed by atoms with Crippen molar-refractivity contribution in [2.45, 2.75) is 20.8 Å². The highest BCUT2D eigenvalue weighted by Gasteiger charge is 2.39. The van der Waals surface area contributed by atoms with Gasteiger partial charge in [-0.1, -0.05) is 23.7 Å². The second-order valence-corrected chi connectivity index (χ2v) is 8.48. The van der Waals surface area contributed by atoms with E-state index < -0.39 is 11.8 Å². The monoisotopic (exact) mass is 489 g/mol. The summed E-state index contributed by atoms with van der Waals surface area (Å²) in [5.74, 6) is -0.779. The number of carbonyl (C=O) groups excluding carboxylic acids is 3. The zero-order valence-electron chi connectivity index (χ0n) is 19.5. The molecule has 7 nitrogen and oxygen atoms in total. The molecular weight excluding hydrogens is 466 g/mol. The number of nitrogens with one attached hydrogen (secondary N) is 2. The third kappa shape index (κ3) is 5.20. The third-order valence-electron chi connectivity index (χ3n) is 5.31. The zero-order valence-corrected chi connectivity index (χ0v) is 20.3. The van der Waals surface area contributed by atoms with E-state index in [-0.39, 0.29) is 16.6 Å². The van der Waals surface area contributed by atoms with Gasteiger partial charge in [-0.15, -0.1) is 0 Å². The zero-order chi connectivity index (χ0) is 25.1. The van der Waals surface area contributed by atoms with Gasteiger partial charge >= 0.3 is 0 Å². The number of hydrogen-bond acceptors (Lipinski definition) is 5. The van der Waals surface area contributed by atoms with E-state index in [1.807, 2.05) is 26.8 Å². The maximum atomic E-state index is 13.1. The van der Waals surface area contributed by atoms with E-state index in [2.05, 4.69) is 10.6 Å². The van der Waals surface area contributed by atoms with Gasteiger partial charge < -0.3 is 15.4 Å². The minimum absolute atomic E-state index is 0.0418. The van der Waals surface area contributed by atoms with Gasteiger partial charge in [0.15, 0.2) is 0 Å². The van der Waals surface area contributed by atoms with E-state index in [0.717, 1.165) is 16.0 Å². The van der Waals surface area contributed by atoms with Gasteiger partial charge in [-0.05, 0) is 86.5 Å². The Morgan fingerprint density at radius 3 is 2.26 bits per heavy atom. The molecule has 8 heteroatoms. The van der Waals surface area contributed by atoms with Crippen molar-refractivity contribution in [3.8, 4) is 5.75 Å². The SMILES string of the molecule is CCOc1ccc(NC(=O)c2cccc(NC3=C(Cl)C(=O)N(c4cc(C)cc(C)c4)C3=O)c2)cc1. The molecule has 0 atom stereocenters. The molecule has 0 bridgehead atoms. The van der Waals surface area contributed by atoms with Crippen LogP contribution in [-0.2, 0) is 9.59 Å². The molecule has 0 aromatic heterocycles. The lowest BCUT2D eigenvalue weighted by Gasteiger charge is -2.16. The summed E-state index contributed by atoms with van der Waals surface area (Å²) in [5, 5.41) is 5.53. The van der Waals surface area contributed by atoms with Crippen molar-refractivity contribution < 1.29 is 19.1 Å². The van der Waals surface area contributed by atoms with E-state index in [9.17, 15) is 14.4 Å². The van der Waals surface area contributed by atoms with Gasteiger partial charge in [-0.25, -0.2) is 4.90 Å². The van der Waals surface area contributed by atoms with Crippen molar-refractivity contribution >= 4 is 46.4 Å². The summed E-state index contributed by atoms with van der Waals surface area (Å²) < 4.78 is 5.41. The lowest BCUT2D eigenvalue weighted by Crippen LogP contribution is -2.32. The Kier molecular flexibility index (Phi) is 6.89. The van der Waals surface area contributed by atoms with Gasteiger partial charge in [0.1, 0.15) is 16.5 Å². The number of hydrogen-bond donors (Lipinski definition) is 2. The highest BCUT2D eigenvalue weighted by Crippen LogP contribution is 2.31. The Hall–Kier alpha value is -4.10. The number of imide groups is 1. The minimum Gasteiger partial charge on any atom is -0.494 e. The van der Waals surface area contributed by atoms with Crippen LogP contribution in [0.2, 0.25) is 0 Å². The topological polar surface area (TPSA) is 87.7 Å². The molecule has 1 aliphatic rings. The van der Waals surface area contributed by atoms with Gasteiger partial charge in [-0.2, -0.15) is 0 Å². The fourth-order valence-electron chi connectivity index (χ4n) is 3.81. The van der Waals surface area contributed by atoms with E-state index in [1.165, 1.54) is 0 Å². The first kappa shape index (κ1) is 24.0. The normalized spacial score (nSPS) is 13.3. The number of amides is 3. The summed E-state index contributed by atoms with van der Waals surface area (Å²) in [7, 11) is 0. The minimum atomic E-state index is -0.603. The van der Waals surface area contributed by atoms with Crippen LogP contribution in [0, 0.1) is 13.8 Å². The highest BCUT2D eigenvalue weighted by atomic mass is 35.5. The molecular formula is C27H24ClN3O4. The van der Waals surface area contributed by atoms with Crippen molar-refractivity contribution in [3.63, 3.8) is 0 Å². The fourth-order valence-corrected chi connectivity index (χ4v) is 4.03. The number of benzene rings is 3. The lowest BCUT2D eigenvalue weighted by molar-refractivity contribution is -0.120. The molecule has 3 amide bonds. The number of anilines is 3. The van der Waals surface area contributed by atoms with Crippen molar-refractivity contribution in [1.82, 2.24) is 0 Å². The molecule has 1 aliphatic heterocycles. The summed E-state index contributed by atoms with van der Waals surface area (Å²) in [4.78, 5) is 39.7. The number of aryl methyl sites for hydroxylation is 2. The van der Waals surface area contributed by atoms with Crippen LogP contribution in [-0.4, -0.2) is 24.3 Å². The molecule has 0 spiro atoms. The Balaban J connectivity index is 1.51. The molecule has 0 aliphatic carbocycles. The summed E-state index contributed by atoms with van der Waals surface area (Å²) in [6.07, 6.45) is 0. The second kappa shape index (κ2) is 10.0. The van der Waals surface area contributed by atoms with Crippen LogP contribution in [0.5, 0.6) is 5.75 Å². The van der Waals surface area contributed by atoms with Crippen molar-refractivity contribution in [1.29, 1.82) is 0 Å². The molecule has 0 fully saturated rings. The molecule has 0 saturated carbocycles. The van der Waals surface area contributed by atoms with Crippen LogP contribution < -0.4 is 20.3 Å². The molecule has 4 rings (SSSR count). The Morgan fingerprint density at radius 2 is 1.60 bits per heavy atom. The smallest absolute Gasteiger partial charge is 0.283 e.